The minimum atomic E-state index is -1.41. The number of amides is 1. The summed E-state index contributed by atoms with van der Waals surface area (Å²) in [4.78, 5) is 28.6. The summed E-state index contributed by atoms with van der Waals surface area (Å²) >= 11 is 0. The molecule has 2 aromatic rings. The molecule has 9 heteroatoms. The summed E-state index contributed by atoms with van der Waals surface area (Å²) in [6, 6.07) is 13.3. The maximum absolute atomic E-state index is 13.6. The Labute approximate surface area is 227 Å². The monoisotopic (exact) mass is 535 g/mol. The summed E-state index contributed by atoms with van der Waals surface area (Å²) in [5, 5.41) is 0. The molecule has 0 radical (unpaired) electrons. The second kappa shape index (κ2) is 9.08. The van der Waals surface area contributed by atoms with Gasteiger partial charge < -0.3 is 33.3 Å². The Kier molecular flexibility index (Phi) is 6.02. The molecule has 0 aromatic heterocycles. The summed E-state index contributed by atoms with van der Waals surface area (Å²) in [7, 11) is 8.08. The average molecular weight is 536 g/mol. The lowest BCUT2D eigenvalue weighted by molar-refractivity contribution is -0.339. The summed E-state index contributed by atoms with van der Waals surface area (Å²) < 4.78 is 36.9. The predicted molar refractivity (Wildman–Crippen MR) is 140 cm³/mol. The first-order valence-corrected chi connectivity index (χ1v) is 13.0. The fourth-order valence-electron chi connectivity index (χ4n) is 7.89. The Morgan fingerprint density at radius 3 is 2.49 bits per heavy atom. The van der Waals surface area contributed by atoms with E-state index in [-0.39, 0.29) is 12.3 Å². The van der Waals surface area contributed by atoms with Crippen LogP contribution in [0.15, 0.2) is 48.5 Å². The van der Waals surface area contributed by atoms with Gasteiger partial charge in [0, 0.05) is 51.2 Å². The molecule has 0 N–H and O–H groups in total. The van der Waals surface area contributed by atoms with Gasteiger partial charge in [0.25, 0.3) is 0 Å². The number of ether oxygens (including phenoxy) is 6. The van der Waals surface area contributed by atoms with Gasteiger partial charge in [-0.3, -0.25) is 4.79 Å². The molecule has 3 fully saturated rings. The molecule has 206 valence electrons. The van der Waals surface area contributed by atoms with Crippen molar-refractivity contribution in [3.05, 3.63) is 65.2 Å². The highest BCUT2D eigenvalue weighted by atomic mass is 16.7. The molecule has 2 heterocycles. The number of fused-ring (bicyclic) bond motifs is 3. The third-order valence-electron chi connectivity index (χ3n) is 9.27. The van der Waals surface area contributed by atoms with Crippen molar-refractivity contribution in [1.82, 2.24) is 4.90 Å². The molecule has 39 heavy (non-hydrogen) atoms. The lowest BCUT2D eigenvalue weighted by Gasteiger charge is -2.61. The first-order valence-electron chi connectivity index (χ1n) is 13.0. The van der Waals surface area contributed by atoms with Gasteiger partial charge >= 0.3 is 5.97 Å². The first-order chi connectivity index (χ1) is 18.8. The number of carbonyl (C=O) groups is 2. The van der Waals surface area contributed by atoms with Crippen molar-refractivity contribution in [1.29, 1.82) is 0 Å². The highest BCUT2D eigenvalue weighted by Crippen LogP contribution is 2.73. The smallest absolute Gasteiger partial charge is 0.331 e. The van der Waals surface area contributed by atoms with Crippen LogP contribution in [-0.2, 0) is 34.0 Å². The van der Waals surface area contributed by atoms with E-state index in [1.165, 1.54) is 6.08 Å². The van der Waals surface area contributed by atoms with Crippen LogP contribution in [0, 0.1) is 0 Å². The topological polar surface area (TPSA) is 92.8 Å². The van der Waals surface area contributed by atoms with E-state index in [0.717, 1.165) is 16.7 Å². The SMILES string of the molecule is COc1ccc2c(c1OC)[C@@]13CC(=O)N(C)[C@@]14C[C@H]2O[C@@]4(OC)[C@@H](OC)[C@@H](OC(=O)/C=C/c1ccccc1)C3. The van der Waals surface area contributed by atoms with E-state index in [1.807, 2.05) is 42.5 Å². The van der Waals surface area contributed by atoms with Gasteiger partial charge in [-0.05, 0) is 29.7 Å². The number of rotatable bonds is 7. The second-order valence-electron chi connectivity index (χ2n) is 10.6. The Bertz CT molecular complexity index is 1340. The van der Waals surface area contributed by atoms with Crippen molar-refractivity contribution in [2.45, 2.75) is 54.3 Å². The molecular formula is C30H33NO8. The van der Waals surface area contributed by atoms with Gasteiger partial charge in [0.2, 0.25) is 11.7 Å². The van der Waals surface area contributed by atoms with E-state index >= 15 is 0 Å². The van der Waals surface area contributed by atoms with E-state index in [9.17, 15) is 9.59 Å². The number of benzene rings is 2. The summed E-state index contributed by atoms with van der Waals surface area (Å²) in [6.45, 7) is 0. The molecule has 6 atom stereocenters. The van der Waals surface area contributed by atoms with E-state index in [4.69, 9.17) is 28.4 Å². The van der Waals surface area contributed by atoms with Crippen LogP contribution >= 0.6 is 0 Å². The molecule has 1 saturated carbocycles. The maximum atomic E-state index is 13.6. The van der Waals surface area contributed by atoms with Crippen LogP contribution in [0.5, 0.6) is 11.5 Å². The zero-order valence-corrected chi connectivity index (χ0v) is 22.8. The number of nitrogens with zero attached hydrogens (tertiary/aromatic N) is 1. The first kappa shape index (κ1) is 25.9. The van der Waals surface area contributed by atoms with Crippen molar-refractivity contribution in [2.75, 3.05) is 35.5 Å². The number of carbonyl (C=O) groups excluding carboxylic acids is 2. The molecule has 2 bridgehead atoms. The number of likely N-dealkylation sites (N-methyl/N-ethyl adjacent to an activating group) is 1. The standard InChI is InChI=1S/C30H33NO8/c1-31-23(32)17-28-15-22(38-24(33)14-11-18-9-7-6-8-10-18)27(36-4)30(37-5)29(28,31)16-21(39-30)19-12-13-20(34-2)26(35-3)25(19)28/h6-14,21-22,27H,15-17H2,1-5H3/b14-11+/t21-,22+,27+,28-,29+,30+/m1/s1. The number of hydrogen-bond donors (Lipinski definition) is 0. The van der Waals surface area contributed by atoms with Crippen molar-refractivity contribution in [3.63, 3.8) is 0 Å². The van der Waals surface area contributed by atoms with E-state index < -0.39 is 41.0 Å². The van der Waals surface area contributed by atoms with Crippen LogP contribution in [0.25, 0.3) is 6.08 Å². The summed E-state index contributed by atoms with van der Waals surface area (Å²) in [5.41, 5.74) is 0.843. The minimum Gasteiger partial charge on any atom is -0.493 e. The number of methoxy groups -OCH3 is 4. The van der Waals surface area contributed by atoms with Gasteiger partial charge in [0.15, 0.2) is 17.6 Å². The molecule has 4 aliphatic rings. The molecular weight excluding hydrogens is 502 g/mol. The minimum absolute atomic E-state index is 0.0517. The Balaban J connectivity index is 1.52. The number of likely N-dealkylation sites (tertiary alicyclic amines) is 1. The van der Waals surface area contributed by atoms with Crippen LogP contribution in [-0.4, -0.2) is 75.8 Å². The molecule has 6 rings (SSSR count). The highest BCUT2D eigenvalue weighted by Gasteiger charge is 2.85. The summed E-state index contributed by atoms with van der Waals surface area (Å²) in [6.07, 6.45) is 2.12. The lowest BCUT2D eigenvalue weighted by Crippen LogP contribution is -2.78. The van der Waals surface area contributed by atoms with Crippen molar-refractivity contribution >= 4 is 18.0 Å². The van der Waals surface area contributed by atoms with Gasteiger partial charge in [-0.15, -0.1) is 0 Å². The van der Waals surface area contributed by atoms with E-state index in [2.05, 4.69) is 0 Å². The van der Waals surface area contributed by atoms with Crippen LogP contribution in [0.3, 0.4) is 0 Å². The zero-order valence-electron chi connectivity index (χ0n) is 22.8. The van der Waals surface area contributed by atoms with Crippen LogP contribution in [0.2, 0.25) is 0 Å². The fraction of sp³-hybridized carbons (Fsp3) is 0.467. The molecule has 0 unspecified atom stereocenters. The van der Waals surface area contributed by atoms with Crippen LogP contribution in [0.1, 0.15) is 42.1 Å². The Morgan fingerprint density at radius 2 is 1.82 bits per heavy atom. The molecule has 1 spiro atoms. The largest absolute Gasteiger partial charge is 0.493 e. The van der Waals surface area contributed by atoms with Gasteiger partial charge in [-0.2, -0.15) is 0 Å². The molecule has 9 nitrogen and oxygen atoms in total. The van der Waals surface area contributed by atoms with Gasteiger partial charge in [0.1, 0.15) is 11.6 Å². The lowest BCUT2D eigenvalue weighted by atomic mass is 9.50. The molecule has 1 amide bonds. The average Bonchev–Trinajstić information content (AvgIpc) is 3.41. The predicted octanol–water partition coefficient (Wildman–Crippen LogP) is 3.40. The Morgan fingerprint density at radius 1 is 1.05 bits per heavy atom. The van der Waals surface area contributed by atoms with Gasteiger partial charge in [-0.25, -0.2) is 4.79 Å². The molecule has 2 aliphatic heterocycles. The van der Waals surface area contributed by atoms with Crippen LogP contribution < -0.4 is 9.47 Å². The van der Waals surface area contributed by atoms with Crippen molar-refractivity contribution in [2.24, 2.45) is 0 Å². The fourth-order valence-corrected chi connectivity index (χ4v) is 7.89. The molecule has 2 aliphatic carbocycles. The second-order valence-corrected chi connectivity index (χ2v) is 10.6. The quantitative estimate of drug-likeness (QED) is 0.394. The van der Waals surface area contributed by atoms with Gasteiger partial charge in [-0.1, -0.05) is 36.4 Å². The van der Waals surface area contributed by atoms with E-state index in [0.29, 0.717) is 24.3 Å². The Hall–Kier alpha value is -3.40. The zero-order chi connectivity index (χ0) is 27.6. The number of hydrogen-bond acceptors (Lipinski definition) is 8. The van der Waals surface area contributed by atoms with Gasteiger partial charge in [0.05, 0.1) is 20.3 Å². The van der Waals surface area contributed by atoms with Crippen molar-refractivity contribution in [3.8, 4) is 11.5 Å². The maximum Gasteiger partial charge on any atom is 0.331 e. The number of esters is 1. The molecule has 2 aromatic carbocycles. The van der Waals surface area contributed by atoms with Crippen molar-refractivity contribution < 1.29 is 38.0 Å². The van der Waals surface area contributed by atoms with E-state index in [1.54, 1.807) is 46.5 Å². The van der Waals surface area contributed by atoms with Crippen LogP contribution in [0.4, 0.5) is 0 Å². The third kappa shape index (κ3) is 3.18. The highest BCUT2D eigenvalue weighted by molar-refractivity contribution is 5.88. The normalized spacial score (nSPS) is 34.1. The summed E-state index contributed by atoms with van der Waals surface area (Å²) in [5.74, 6) is -0.877. The third-order valence-corrected chi connectivity index (χ3v) is 9.27. The molecule has 2 saturated heterocycles.